The quantitative estimate of drug-likeness (QED) is 0.736. The minimum Gasteiger partial charge on any atom is -0.345 e. The molecule has 6 rings (SSSR count). The Morgan fingerprint density at radius 3 is 2.50 bits per heavy atom. The number of nitrogens with one attached hydrogen (secondary N) is 1. The number of amides is 1. The summed E-state index contributed by atoms with van der Waals surface area (Å²) in [5.74, 6) is 1.84. The lowest BCUT2D eigenvalue weighted by atomic mass is 9.53. The van der Waals surface area contributed by atoms with Crippen LogP contribution in [0, 0.1) is 17.8 Å². The van der Waals surface area contributed by atoms with Gasteiger partial charge < -0.3 is 5.32 Å². The molecule has 4 aliphatic carbocycles. The van der Waals surface area contributed by atoms with Crippen LogP contribution in [0.2, 0.25) is 0 Å². The molecule has 0 aliphatic heterocycles. The molecule has 1 aromatic heterocycles. The monoisotopic (exact) mass is 387 g/mol. The highest BCUT2D eigenvalue weighted by atomic mass is 19.1. The SMILES string of the molecule is [2H]C([2H])(F)CCCC([2H])([2H])n1nc(C(=O)NC23CC4CC(CC(C4)C2)C3)c2ccccc21. The minimum atomic E-state index is -2.83. The Bertz CT molecular complexity index is 997. The van der Waals surface area contributed by atoms with Crippen LogP contribution in [0.1, 0.15) is 73.8 Å². The second-order valence-electron chi connectivity index (χ2n) is 9.07. The number of aromatic nitrogens is 2. The van der Waals surface area contributed by atoms with Gasteiger partial charge in [0.25, 0.3) is 5.91 Å². The molecule has 0 atom stereocenters. The van der Waals surface area contributed by atoms with Crippen molar-refractivity contribution in [2.45, 2.75) is 69.8 Å². The molecule has 1 N–H and O–H groups in total. The lowest BCUT2D eigenvalue weighted by Crippen LogP contribution is -2.59. The Labute approximate surface area is 171 Å². The van der Waals surface area contributed by atoms with Crippen LogP contribution in [0.3, 0.4) is 0 Å². The zero-order valence-corrected chi connectivity index (χ0v) is 16.1. The van der Waals surface area contributed by atoms with Gasteiger partial charge in [0.1, 0.15) is 0 Å². The van der Waals surface area contributed by atoms with Crippen LogP contribution >= 0.6 is 0 Å². The van der Waals surface area contributed by atoms with Crippen molar-refractivity contribution < 1.29 is 14.7 Å². The molecule has 4 nitrogen and oxygen atoms in total. The fourth-order valence-electron chi connectivity index (χ4n) is 6.26. The summed E-state index contributed by atoms with van der Waals surface area (Å²) in [4.78, 5) is 13.4. The lowest BCUT2D eigenvalue weighted by Gasteiger charge is -2.56. The Morgan fingerprint density at radius 1 is 1.14 bits per heavy atom. The third-order valence-corrected chi connectivity index (χ3v) is 6.93. The molecule has 4 saturated carbocycles. The number of benzene rings is 1. The van der Waals surface area contributed by atoms with Crippen LogP contribution in [0.4, 0.5) is 4.39 Å². The second-order valence-corrected chi connectivity index (χ2v) is 9.07. The number of fused-ring (bicyclic) bond motifs is 1. The van der Waals surface area contributed by atoms with E-state index in [0.29, 0.717) is 28.7 Å². The summed E-state index contributed by atoms with van der Waals surface area (Å²) in [6.07, 6.45) is 6.46. The molecule has 4 bridgehead atoms. The number of aryl methyl sites for hydroxylation is 1. The maximum atomic E-state index is 13.4. The van der Waals surface area contributed by atoms with E-state index in [9.17, 15) is 9.18 Å². The van der Waals surface area contributed by atoms with Crippen molar-refractivity contribution in [3.05, 3.63) is 30.0 Å². The summed E-state index contributed by atoms with van der Waals surface area (Å²) in [6.45, 7) is -4.80. The molecule has 28 heavy (non-hydrogen) atoms. The van der Waals surface area contributed by atoms with Gasteiger partial charge in [-0.1, -0.05) is 18.2 Å². The summed E-state index contributed by atoms with van der Waals surface area (Å²) < 4.78 is 45.5. The number of carbonyl (C=O) groups excluding carboxylic acids is 1. The van der Waals surface area contributed by atoms with Crippen molar-refractivity contribution in [1.29, 1.82) is 0 Å². The van der Waals surface area contributed by atoms with Crippen molar-refractivity contribution in [3.63, 3.8) is 0 Å². The number of nitrogens with zero attached hydrogens (tertiary/aromatic N) is 2. The fraction of sp³-hybridized carbons (Fsp3) is 0.652. The van der Waals surface area contributed by atoms with Crippen LogP contribution in [0.15, 0.2) is 24.3 Å². The average Bonchev–Trinajstić information content (AvgIpc) is 3.06. The zero-order valence-electron chi connectivity index (χ0n) is 20.1. The summed E-state index contributed by atoms with van der Waals surface area (Å²) in [7, 11) is 0. The van der Waals surface area contributed by atoms with Gasteiger partial charge in [-0.15, -0.1) is 0 Å². The number of hydrogen-bond acceptors (Lipinski definition) is 2. The molecule has 0 saturated heterocycles. The van der Waals surface area contributed by atoms with Gasteiger partial charge in [-0.05, 0) is 81.6 Å². The molecule has 4 fully saturated rings. The van der Waals surface area contributed by atoms with E-state index in [0.717, 1.165) is 19.3 Å². The van der Waals surface area contributed by atoms with Crippen molar-refractivity contribution >= 4 is 16.8 Å². The highest BCUT2D eigenvalue weighted by molar-refractivity contribution is 6.05. The van der Waals surface area contributed by atoms with Crippen LogP contribution in [-0.4, -0.2) is 27.9 Å². The predicted octanol–water partition coefficient (Wildman–Crippen LogP) is 4.87. The standard InChI is InChI=1S/C23H30FN3O/c24-8-4-1-5-9-27-20-7-3-2-6-19(20)21(26-27)22(28)25-23-13-16-10-17(14-23)12-18(11-16)15-23/h2-3,6-7,16-18H,1,4-5,8-15H2,(H,25,28)/i8D2,9D2. The molecule has 0 radical (unpaired) electrons. The first-order chi connectivity index (χ1) is 15.0. The maximum absolute atomic E-state index is 13.4. The van der Waals surface area contributed by atoms with Crippen LogP contribution in [0.5, 0.6) is 0 Å². The lowest BCUT2D eigenvalue weighted by molar-refractivity contribution is -0.0167. The van der Waals surface area contributed by atoms with E-state index in [4.69, 9.17) is 5.48 Å². The van der Waals surface area contributed by atoms with Gasteiger partial charge in [-0.3, -0.25) is 13.9 Å². The molecule has 1 heterocycles. The van der Waals surface area contributed by atoms with Crippen molar-refractivity contribution in [2.24, 2.45) is 17.8 Å². The normalized spacial score (nSPS) is 34.0. The van der Waals surface area contributed by atoms with Gasteiger partial charge in [0, 0.05) is 17.4 Å². The zero-order chi connectivity index (χ0) is 22.7. The van der Waals surface area contributed by atoms with Crippen molar-refractivity contribution in [1.82, 2.24) is 15.1 Å². The van der Waals surface area contributed by atoms with Crippen LogP contribution < -0.4 is 5.32 Å². The highest BCUT2D eigenvalue weighted by Crippen LogP contribution is 2.55. The number of alkyl halides is 1. The second kappa shape index (κ2) is 7.16. The molecule has 1 amide bonds. The van der Waals surface area contributed by atoms with Gasteiger partial charge in [-0.2, -0.15) is 5.10 Å². The van der Waals surface area contributed by atoms with E-state index >= 15 is 0 Å². The van der Waals surface area contributed by atoms with Gasteiger partial charge in [0.2, 0.25) is 0 Å². The number of rotatable bonds is 7. The molecule has 150 valence electrons. The van der Waals surface area contributed by atoms with E-state index in [1.807, 2.05) is 6.07 Å². The summed E-state index contributed by atoms with van der Waals surface area (Å²) in [5, 5.41) is 8.34. The van der Waals surface area contributed by atoms with Gasteiger partial charge in [0.05, 0.1) is 17.6 Å². The number of hydrogen-bond donors (Lipinski definition) is 1. The average molecular weight is 388 g/mol. The molecule has 5 heteroatoms. The molecular weight excluding hydrogens is 353 g/mol. The molecular formula is C23H30FN3O. The van der Waals surface area contributed by atoms with E-state index < -0.39 is 13.1 Å². The van der Waals surface area contributed by atoms with Gasteiger partial charge in [0.15, 0.2) is 5.69 Å². The Kier molecular flexibility index (Phi) is 3.61. The van der Waals surface area contributed by atoms with E-state index in [1.54, 1.807) is 18.2 Å². The Balaban J connectivity index is 1.41. The van der Waals surface area contributed by atoms with Gasteiger partial charge in [-0.25, -0.2) is 0 Å². The Morgan fingerprint density at radius 2 is 1.82 bits per heavy atom. The molecule has 1 aromatic carbocycles. The van der Waals surface area contributed by atoms with E-state index in [-0.39, 0.29) is 36.4 Å². The number of carbonyl (C=O) groups is 1. The van der Waals surface area contributed by atoms with E-state index in [2.05, 4.69) is 10.4 Å². The molecule has 0 unspecified atom stereocenters. The Hall–Kier alpha value is -1.91. The van der Waals surface area contributed by atoms with Crippen molar-refractivity contribution in [3.8, 4) is 0 Å². The topological polar surface area (TPSA) is 46.9 Å². The highest BCUT2D eigenvalue weighted by Gasteiger charge is 2.51. The first-order valence-electron chi connectivity index (χ1n) is 12.5. The fourth-order valence-corrected chi connectivity index (χ4v) is 6.26. The van der Waals surface area contributed by atoms with E-state index in [1.165, 1.54) is 23.9 Å². The third kappa shape index (κ3) is 3.23. The third-order valence-electron chi connectivity index (χ3n) is 6.93. The van der Waals surface area contributed by atoms with Gasteiger partial charge >= 0.3 is 0 Å². The number of para-hydroxylation sites is 1. The maximum Gasteiger partial charge on any atom is 0.272 e. The first kappa shape index (κ1) is 14.1. The molecule has 4 aliphatic rings. The predicted molar refractivity (Wildman–Crippen MR) is 108 cm³/mol. The first-order valence-corrected chi connectivity index (χ1v) is 10.5. The smallest absolute Gasteiger partial charge is 0.272 e. The molecule has 0 spiro atoms. The number of halogens is 1. The summed E-state index contributed by atoms with van der Waals surface area (Å²) in [6, 6.07) is 7.10. The molecule has 2 aromatic rings. The van der Waals surface area contributed by atoms with Crippen LogP contribution in [-0.2, 0) is 6.50 Å². The summed E-state index contributed by atoms with van der Waals surface area (Å²) >= 11 is 0. The minimum absolute atomic E-state index is 0.0273. The largest absolute Gasteiger partial charge is 0.345 e. The van der Waals surface area contributed by atoms with Crippen molar-refractivity contribution in [2.75, 3.05) is 6.63 Å². The summed E-state index contributed by atoms with van der Waals surface area (Å²) in [5.41, 5.74) is 0.570. The van der Waals surface area contributed by atoms with Crippen LogP contribution in [0.25, 0.3) is 10.9 Å².